The number of benzene rings is 1. The van der Waals surface area contributed by atoms with E-state index >= 15 is 0 Å². The monoisotopic (exact) mass is 369 g/mol. The van der Waals surface area contributed by atoms with Crippen LogP contribution in [0.4, 0.5) is 13.2 Å². The van der Waals surface area contributed by atoms with Crippen LogP contribution >= 0.6 is 11.8 Å². The van der Waals surface area contributed by atoms with E-state index in [-0.39, 0.29) is 17.6 Å². The number of alkyl halides is 3. The smallest absolute Gasteiger partial charge is 0.416 e. The van der Waals surface area contributed by atoms with Gasteiger partial charge in [-0.25, -0.2) is 0 Å². The molecule has 0 radical (unpaired) electrons. The maximum atomic E-state index is 12.6. The fourth-order valence-corrected chi connectivity index (χ4v) is 4.00. The zero-order valence-corrected chi connectivity index (χ0v) is 14.3. The van der Waals surface area contributed by atoms with Crippen LogP contribution in [0, 0.1) is 0 Å². The van der Waals surface area contributed by atoms with Gasteiger partial charge in [-0.2, -0.15) is 13.2 Å². The lowest BCUT2D eigenvalue weighted by Crippen LogP contribution is -2.34. The first-order valence-electron chi connectivity index (χ1n) is 8.02. The average Bonchev–Trinajstić information content (AvgIpc) is 2.99. The summed E-state index contributed by atoms with van der Waals surface area (Å²) in [6, 6.07) is 8.59. The average molecular weight is 369 g/mol. The van der Waals surface area contributed by atoms with Gasteiger partial charge in [-0.05, 0) is 36.2 Å². The molecular formula is C18H18F3NO2S. The van der Waals surface area contributed by atoms with Gasteiger partial charge >= 0.3 is 6.18 Å². The van der Waals surface area contributed by atoms with E-state index < -0.39 is 11.7 Å². The van der Waals surface area contributed by atoms with Crippen LogP contribution in [-0.4, -0.2) is 29.6 Å². The number of hydrogen-bond donors (Lipinski definition) is 0. The lowest BCUT2D eigenvalue weighted by molar-refractivity contribution is -0.137. The quantitative estimate of drug-likeness (QED) is 0.796. The summed E-state index contributed by atoms with van der Waals surface area (Å²) in [4.78, 5) is 14.3. The van der Waals surface area contributed by atoms with E-state index in [0.29, 0.717) is 18.7 Å². The molecular weight excluding hydrogens is 351 g/mol. The normalized spacial score (nSPS) is 18.8. The third-order valence-electron chi connectivity index (χ3n) is 4.19. The molecule has 0 spiro atoms. The van der Waals surface area contributed by atoms with Crippen molar-refractivity contribution in [2.75, 3.05) is 18.8 Å². The summed E-state index contributed by atoms with van der Waals surface area (Å²) in [5.74, 6) is 1.67. The maximum Gasteiger partial charge on any atom is 0.416 e. The predicted octanol–water partition coefficient (Wildman–Crippen LogP) is 4.55. The van der Waals surface area contributed by atoms with E-state index in [1.165, 1.54) is 12.1 Å². The minimum atomic E-state index is -4.36. The Morgan fingerprint density at radius 2 is 1.96 bits per heavy atom. The third kappa shape index (κ3) is 4.60. The fraction of sp³-hybridized carbons (Fsp3) is 0.389. The summed E-state index contributed by atoms with van der Waals surface area (Å²) in [6.07, 6.45) is -1.79. The summed E-state index contributed by atoms with van der Waals surface area (Å²) in [5, 5.41) is 0.235. The molecule has 0 saturated carbocycles. The van der Waals surface area contributed by atoms with Gasteiger partial charge in [0, 0.05) is 18.8 Å². The van der Waals surface area contributed by atoms with Crippen molar-refractivity contribution in [2.24, 2.45) is 0 Å². The SMILES string of the molecule is O=C(Cc1ccc(C(F)(F)F)cc1)N1CCS[C@@H](c2ccco2)CC1. The lowest BCUT2D eigenvalue weighted by atomic mass is 10.1. The number of amides is 1. The molecule has 0 N–H and O–H groups in total. The van der Waals surface area contributed by atoms with Crippen LogP contribution in [0.5, 0.6) is 0 Å². The standard InChI is InChI=1S/C18H18F3NO2S/c19-18(20,21)14-5-3-13(4-6-14)12-17(23)22-8-7-16(25-11-9-22)15-2-1-10-24-15/h1-6,10,16H,7-9,11-12H2/t16-/m1/s1. The molecule has 1 aromatic heterocycles. The highest BCUT2D eigenvalue weighted by atomic mass is 32.2. The van der Waals surface area contributed by atoms with E-state index in [9.17, 15) is 18.0 Å². The molecule has 2 heterocycles. The van der Waals surface area contributed by atoms with E-state index in [1.54, 1.807) is 22.9 Å². The van der Waals surface area contributed by atoms with Crippen molar-refractivity contribution in [3.63, 3.8) is 0 Å². The summed E-state index contributed by atoms with van der Waals surface area (Å²) < 4.78 is 43.2. The van der Waals surface area contributed by atoms with Gasteiger partial charge < -0.3 is 9.32 Å². The Labute approximate surface area is 148 Å². The summed E-state index contributed by atoms with van der Waals surface area (Å²) in [6.45, 7) is 1.26. The second kappa shape index (κ2) is 7.56. The van der Waals surface area contributed by atoms with Gasteiger partial charge in [-0.15, -0.1) is 11.8 Å². The Morgan fingerprint density at radius 3 is 2.60 bits per heavy atom. The van der Waals surface area contributed by atoms with E-state index in [1.807, 2.05) is 12.1 Å². The highest BCUT2D eigenvalue weighted by Crippen LogP contribution is 2.34. The first kappa shape index (κ1) is 17.9. The van der Waals surface area contributed by atoms with Crippen LogP contribution in [0.3, 0.4) is 0 Å². The first-order chi connectivity index (χ1) is 11.9. The Morgan fingerprint density at radius 1 is 1.20 bits per heavy atom. The molecule has 1 amide bonds. The molecule has 1 atom stereocenters. The van der Waals surface area contributed by atoms with Crippen LogP contribution < -0.4 is 0 Å². The number of furan rings is 1. The number of hydrogen-bond acceptors (Lipinski definition) is 3. The van der Waals surface area contributed by atoms with Crippen LogP contribution in [0.15, 0.2) is 47.1 Å². The lowest BCUT2D eigenvalue weighted by Gasteiger charge is -2.20. The van der Waals surface area contributed by atoms with Crippen molar-refractivity contribution in [1.29, 1.82) is 0 Å². The summed E-state index contributed by atoms with van der Waals surface area (Å²) >= 11 is 1.76. The summed E-state index contributed by atoms with van der Waals surface area (Å²) in [7, 11) is 0. The molecule has 2 aromatic rings. The fourth-order valence-electron chi connectivity index (χ4n) is 2.82. The summed E-state index contributed by atoms with van der Waals surface area (Å²) in [5.41, 5.74) is -0.103. The van der Waals surface area contributed by atoms with Crippen molar-refractivity contribution in [2.45, 2.75) is 24.3 Å². The maximum absolute atomic E-state index is 12.6. The number of carbonyl (C=O) groups is 1. The van der Waals surface area contributed by atoms with Crippen molar-refractivity contribution in [3.8, 4) is 0 Å². The van der Waals surface area contributed by atoms with Crippen LogP contribution in [0.25, 0.3) is 0 Å². The van der Waals surface area contributed by atoms with Gasteiger partial charge in [-0.3, -0.25) is 4.79 Å². The molecule has 0 aliphatic carbocycles. The van der Waals surface area contributed by atoms with Crippen molar-refractivity contribution in [3.05, 3.63) is 59.5 Å². The molecule has 1 aromatic carbocycles. The molecule has 7 heteroatoms. The molecule has 3 nitrogen and oxygen atoms in total. The topological polar surface area (TPSA) is 33.5 Å². The predicted molar refractivity (Wildman–Crippen MR) is 90.3 cm³/mol. The number of thioether (sulfide) groups is 1. The first-order valence-corrected chi connectivity index (χ1v) is 9.07. The minimum Gasteiger partial charge on any atom is -0.468 e. The van der Waals surface area contributed by atoms with Gasteiger partial charge in [0.05, 0.1) is 23.5 Å². The van der Waals surface area contributed by atoms with E-state index in [4.69, 9.17) is 4.42 Å². The van der Waals surface area contributed by atoms with Crippen LogP contribution in [0.2, 0.25) is 0 Å². The third-order valence-corrected chi connectivity index (χ3v) is 5.48. The highest BCUT2D eigenvalue weighted by molar-refractivity contribution is 7.99. The van der Waals surface area contributed by atoms with Gasteiger partial charge in [-0.1, -0.05) is 12.1 Å². The molecule has 134 valence electrons. The Balaban J connectivity index is 1.58. The number of halogens is 3. The van der Waals surface area contributed by atoms with E-state index in [0.717, 1.165) is 30.1 Å². The second-order valence-electron chi connectivity index (χ2n) is 5.92. The zero-order chi connectivity index (χ0) is 17.9. The number of nitrogens with zero attached hydrogens (tertiary/aromatic N) is 1. The van der Waals surface area contributed by atoms with Gasteiger partial charge in [0.25, 0.3) is 0 Å². The molecule has 0 bridgehead atoms. The molecule has 25 heavy (non-hydrogen) atoms. The molecule has 3 rings (SSSR count). The van der Waals surface area contributed by atoms with Crippen molar-refractivity contribution >= 4 is 17.7 Å². The largest absolute Gasteiger partial charge is 0.468 e. The Bertz CT molecular complexity index is 698. The Kier molecular flexibility index (Phi) is 5.42. The van der Waals surface area contributed by atoms with Crippen LogP contribution in [-0.2, 0) is 17.4 Å². The van der Waals surface area contributed by atoms with E-state index in [2.05, 4.69) is 0 Å². The molecule has 0 unspecified atom stereocenters. The number of carbonyl (C=O) groups excluding carboxylic acids is 1. The van der Waals surface area contributed by atoms with Crippen molar-refractivity contribution < 1.29 is 22.4 Å². The molecule has 1 aliphatic rings. The van der Waals surface area contributed by atoms with Crippen molar-refractivity contribution in [1.82, 2.24) is 4.90 Å². The highest BCUT2D eigenvalue weighted by Gasteiger charge is 2.30. The number of rotatable bonds is 3. The zero-order valence-electron chi connectivity index (χ0n) is 13.5. The van der Waals surface area contributed by atoms with Gasteiger partial charge in [0.2, 0.25) is 5.91 Å². The van der Waals surface area contributed by atoms with Gasteiger partial charge in [0.1, 0.15) is 5.76 Å². The van der Waals surface area contributed by atoms with Gasteiger partial charge in [0.15, 0.2) is 0 Å². The second-order valence-corrected chi connectivity index (χ2v) is 7.23. The molecule has 1 aliphatic heterocycles. The molecule has 1 fully saturated rings. The molecule has 1 saturated heterocycles. The Hall–Kier alpha value is -1.89. The van der Waals surface area contributed by atoms with Crippen LogP contribution in [0.1, 0.15) is 28.6 Å². The minimum absolute atomic E-state index is 0.0551.